The minimum atomic E-state index is -1.28. The predicted octanol–water partition coefficient (Wildman–Crippen LogP) is 1.31. The molecule has 1 aliphatic rings. The molecule has 1 aliphatic carbocycles. The largest absolute Gasteiger partial charge is 0.381 e. The summed E-state index contributed by atoms with van der Waals surface area (Å²) in [6, 6.07) is 0.161. The van der Waals surface area contributed by atoms with E-state index < -0.39 is 5.60 Å². The maximum atomic E-state index is 11.5. The summed E-state index contributed by atoms with van der Waals surface area (Å²) in [4.78, 5) is 11.5. The summed E-state index contributed by atoms with van der Waals surface area (Å²) in [5.41, 5.74) is -1.05. The highest BCUT2D eigenvalue weighted by Crippen LogP contribution is 2.62. The molecule has 0 aromatic heterocycles. The summed E-state index contributed by atoms with van der Waals surface area (Å²) in [5.74, 6) is -0.291. The van der Waals surface area contributed by atoms with Gasteiger partial charge in [-0.25, -0.2) is 0 Å². The zero-order valence-electron chi connectivity index (χ0n) is 9.93. The molecule has 0 aliphatic heterocycles. The smallest absolute Gasteiger partial charge is 0.251 e. The number of hydrogen-bond donors (Lipinski definition) is 2. The van der Waals surface area contributed by atoms with Gasteiger partial charge in [-0.15, -0.1) is 0 Å². The maximum Gasteiger partial charge on any atom is 0.251 e. The van der Waals surface area contributed by atoms with Crippen molar-refractivity contribution in [1.82, 2.24) is 5.32 Å². The summed E-state index contributed by atoms with van der Waals surface area (Å²) in [6.07, 6.45) is 0. The summed E-state index contributed by atoms with van der Waals surface area (Å²) >= 11 is 0. The van der Waals surface area contributed by atoms with E-state index in [4.69, 9.17) is 0 Å². The van der Waals surface area contributed by atoms with Crippen molar-refractivity contribution in [3.63, 3.8) is 0 Å². The molecule has 1 rings (SSSR count). The number of rotatable bonds is 2. The molecule has 0 heterocycles. The van der Waals surface area contributed by atoms with Crippen LogP contribution in [0.5, 0.6) is 0 Å². The van der Waals surface area contributed by atoms with Gasteiger partial charge in [-0.2, -0.15) is 0 Å². The molecule has 0 spiro atoms. The van der Waals surface area contributed by atoms with E-state index in [1.165, 1.54) is 13.8 Å². The first-order chi connectivity index (χ1) is 6.01. The Morgan fingerprint density at radius 2 is 1.57 bits per heavy atom. The van der Waals surface area contributed by atoms with Crippen LogP contribution in [0.4, 0.5) is 0 Å². The van der Waals surface area contributed by atoms with E-state index in [0.717, 1.165) is 0 Å². The van der Waals surface area contributed by atoms with E-state index >= 15 is 0 Å². The van der Waals surface area contributed by atoms with Crippen LogP contribution >= 0.6 is 0 Å². The summed E-state index contributed by atoms with van der Waals surface area (Å²) in [5, 5.41) is 12.4. The van der Waals surface area contributed by atoms with Gasteiger partial charge in [0.05, 0.1) is 0 Å². The van der Waals surface area contributed by atoms with Crippen molar-refractivity contribution in [3.05, 3.63) is 0 Å². The van der Waals surface area contributed by atoms with Crippen molar-refractivity contribution >= 4 is 5.91 Å². The molecule has 0 aromatic carbocycles. The Balaban J connectivity index is 2.63. The van der Waals surface area contributed by atoms with Gasteiger partial charge >= 0.3 is 0 Å². The molecule has 3 heteroatoms. The van der Waals surface area contributed by atoms with Crippen LogP contribution in [0.15, 0.2) is 0 Å². The molecule has 2 N–H and O–H groups in total. The highest BCUT2D eigenvalue weighted by atomic mass is 16.3. The lowest BCUT2D eigenvalue weighted by atomic mass is 10.0. The molecule has 14 heavy (non-hydrogen) atoms. The third-order valence-electron chi connectivity index (χ3n) is 3.85. The van der Waals surface area contributed by atoms with Crippen molar-refractivity contribution in [1.29, 1.82) is 0 Å². The Kier molecular flexibility index (Phi) is 2.24. The van der Waals surface area contributed by atoms with Crippen LogP contribution in [0.1, 0.15) is 41.5 Å². The second-order valence-electron chi connectivity index (χ2n) is 5.91. The molecule has 1 saturated carbocycles. The van der Waals surface area contributed by atoms with E-state index in [2.05, 4.69) is 33.0 Å². The van der Waals surface area contributed by atoms with E-state index in [0.29, 0.717) is 0 Å². The minimum absolute atomic E-state index is 0.119. The Hall–Kier alpha value is -0.570. The van der Waals surface area contributed by atoms with Gasteiger partial charge in [-0.3, -0.25) is 4.79 Å². The maximum absolute atomic E-state index is 11.5. The number of carbonyl (C=O) groups excluding carboxylic acids is 1. The van der Waals surface area contributed by atoms with E-state index in [-0.39, 0.29) is 22.8 Å². The standard InChI is InChI=1S/C11H21NO2/c1-9(2)7(10(9,3)4)12-8(13)11(5,6)14/h7,14H,1-6H3,(H,12,13). The highest BCUT2D eigenvalue weighted by Gasteiger charge is 2.65. The van der Waals surface area contributed by atoms with Crippen molar-refractivity contribution in [2.45, 2.75) is 53.2 Å². The summed E-state index contributed by atoms with van der Waals surface area (Å²) in [6.45, 7) is 11.5. The first kappa shape index (κ1) is 11.5. The fraction of sp³-hybridized carbons (Fsp3) is 0.909. The van der Waals surface area contributed by atoms with Gasteiger partial charge in [-0.1, -0.05) is 27.7 Å². The number of hydrogen-bond acceptors (Lipinski definition) is 2. The lowest BCUT2D eigenvalue weighted by molar-refractivity contribution is -0.136. The van der Waals surface area contributed by atoms with Gasteiger partial charge in [0.1, 0.15) is 5.60 Å². The summed E-state index contributed by atoms with van der Waals surface area (Å²) < 4.78 is 0. The minimum Gasteiger partial charge on any atom is -0.381 e. The van der Waals surface area contributed by atoms with Crippen LogP contribution in [0.3, 0.4) is 0 Å². The number of aliphatic hydroxyl groups is 1. The van der Waals surface area contributed by atoms with Gasteiger partial charge in [0.15, 0.2) is 0 Å². The molecule has 0 bridgehead atoms. The monoisotopic (exact) mass is 199 g/mol. The Morgan fingerprint density at radius 3 is 1.79 bits per heavy atom. The third kappa shape index (κ3) is 1.54. The molecule has 1 fully saturated rings. The van der Waals surface area contributed by atoms with Crippen molar-refractivity contribution in [3.8, 4) is 0 Å². The zero-order chi connectivity index (χ0) is 11.4. The van der Waals surface area contributed by atoms with Crippen molar-refractivity contribution in [2.75, 3.05) is 0 Å². The molecule has 0 aromatic rings. The fourth-order valence-corrected chi connectivity index (χ4v) is 1.86. The van der Waals surface area contributed by atoms with Gasteiger partial charge in [0.2, 0.25) is 0 Å². The molecule has 0 radical (unpaired) electrons. The van der Waals surface area contributed by atoms with Gasteiger partial charge in [-0.05, 0) is 24.7 Å². The van der Waals surface area contributed by atoms with Crippen LogP contribution in [0.2, 0.25) is 0 Å². The highest BCUT2D eigenvalue weighted by molar-refractivity contribution is 5.84. The second-order valence-corrected chi connectivity index (χ2v) is 5.91. The molecular formula is C11H21NO2. The zero-order valence-corrected chi connectivity index (χ0v) is 9.93. The molecule has 0 unspecified atom stereocenters. The fourth-order valence-electron chi connectivity index (χ4n) is 1.86. The van der Waals surface area contributed by atoms with E-state index in [9.17, 15) is 9.90 Å². The molecule has 1 amide bonds. The van der Waals surface area contributed by atoms with E-state index in [1.54, 1.807) is 0 Å². The van der Waals surface area contributed by atoms with Crippen LogP contribution in [-0.4, -0.2) is 22.7 Å². The Labute approximate surface area is 85.9 Å². The SMILES string of the molecule is CC(C)(O)C(=O)NC1C(C)(C)C1(C)C. The molecule has 0 atom stereocenters. The number of carbonyl (C=O) groups is 1. The molecule has 3 nitrogen and oxygen atoms in total. The average molecular weight is 199 g/mol. The van der Waals surface area contributed by atoms with Crippen LogP contribution in [-0.2, 0) is 4.79 Å². The topological polar surface area (TPSA) is 49.3 Å². The Bertz CT molecular complexity index is 247. The average Bonchev–Trinajstić information content (AvgIpc) is 2.30. The predicted molar refractivity (Wildman–Crippen MR) is 55.8 cm³/mol. The normalized spacial score (nSPS) is 24.5. The van der Waals surface area contributed by atoms with Crippen LogP contribution < -0.4 is 5.32 Å². The van der Waals surface area contributed by atoms with Gasteiger partial charge < -0.3 is 10.4 Å². The molecular weight excluding hydrogens is 178 g/mol. The molecule has 0 saturated heterocycles. The lowest BCUT2D eigenvalue weighted by Gasteiger charge is -2.17. The molecule has 82 valence electrons. The van der Waals surface area contributed by atoms with Gasteiger partial charge in [0.25, 0.3) is 5.91 Å². The quantitative estimate of drug-likeness (QED) is 0.704. The third-order valence-corrected chi connectivity index (χ3v) is 3.85. The van der Waals surface area contributed by atoms with Crippen LogP contribution in [0.25, 0.3) is 0 Å². The first-order valence-electron chi connectivity index (χ1n) is 5.04. The second kappa shape index (κ2) is 2.72. The van der Waals surface area contributed by atoms with Crippen molar-refractivity contribution < 1.29 is 9.90 Å². The van der Waals surface area contributed by atoms with E-state index in [1.807, 2.05) is 0 Å². The van der Waals surface area contributed by atoms with Crippen LogP contribution in [0, 0.1) is 10.8 Å². The van der Waals surface area contributed by atoms with Crippen molar-refractivity contribution in [2.24, 2.45) is 10.8 Å². The number of amides is 1. The lowest BCUT2D eigenvalue weighted by Crippen LogP contribution is -2.44. The first-order valence-corrected chi connectivity index (χ1v) is 5.04. The van der Waals surface area contributed by atoms with Gasteiger partial charge in [0, 0.05) is 6.04 Å². The summed E-state index contributed by atoms with van der Waals surface area (Å²) in [7, 11) is 0. The Morgan fingerprint density at radius 1 is 1.21 bits per heavy atom. The number of nitrogens with one attached hydrogen (secondary N) is 1.